The predicted octanol–water partition coefficient (Wildman–Crippen LogP) is 3.18. The summed E-state index contributed by atoms with van der Waals surface area (Å²) in [5.74, 6) is 0. The fourth-order valence-electron chi connectivity index (χ4n) is 2.08. The van der Waals surface area contributed by atoms with Crippen LogP contribution in [0.4, 0.5) is 5.69 Å². The second-order valence-corrected chi connectivity index (χ2v) is 5.59. The highest BCUT2D eigenvalue weighted by molar-refractivity contribution is 6.43. The Balaban J connectivity index is 2.27. The van der Waals surface area contributed by atoms with E-state index in [1.165, 1.54) is 0 Å². The van der Waals surface area contributed by atoms with E-state index < -0.39 is 0 Å². The van der Waals surface area contributed by atoms with Gasteiger partial charge in [0.1, 0.15) is 0 Å². The SMILES string of the molecule is CC1(C)CN(c2cccc(Cl)c2Cl)CCN1. The molecule has 1 aliphatic heterocycles. The van der Waals surface area contributed by atoms with Crippen molar-refractivity contribution in [3.63, 3.8) is 0 Å². The molecule has 0 atom stereocenters. The molecular weight excluding hydrogens is 243 g/mol. The van der Waals surface area contributed by atoms with Crippen LogP contribution in [0.15, 0.2) is 18.2 Å². The molecule has 0 unspecified atom stereocenters. The van der Waals surface area contributed by atoms with Crippen LogP contribution in [0, 0.1) is 0 Å². The van der Waals surface area contributed by atoms with Gasteiger partial charge in [-0.25, -0.2) is 0 Å². The number of halogens is 2. The third-order valence-electron chi connectivity index (χ3n) is 2.84. The molecular formula is C12H16Cl2N2. The minimum Gasteiger partial charge on any atom is -0.367 e. The van der Waals surface area contributed by atoms with Gasteiger partial charge in [-0.05, 0) is 26.0 Å². The van der Waals surface area contributed by atoms with Gasteiger partial charge in [-0.1, -0.05) is 29.3 Å². The van der Waals surface area contributed by atoms with Crippen molar-refractivity contribution in [1.82, 2.24) is 5.32 Å². The number of nitrogens with zero attached hydrogens (tertiary/aromatic N) is 1. The smallest absolute Gasteiger partial charge is 0.0825 e. The van der Waals surface area contributed by atoms with Crippen molar-refractivity contribution in [2.75, 3.05) is 24.5 Å². The van der Waals surface area contributed by atoms with Gasteiger partial charge in [0.2, 0.25) is 0 Å². The summed E-state index contributed by atoms with van der Waals surface area (Å²) < 4.78 is 0. The number of rotatable bonds is 1. The third-order valence-corrected chi connectivity index (χ3v) is 3.65. The molecule has 0 bridgehead atoms. The summed E-state index contributed by atoms with van der Waals surface area (Å²) in [6, 6.07) is 5.79. The lowest BCUT2D eigenvalue weighted by Gasteiger charge is -2.40. The normalized spacial score (nSPS) is 19.9. The molecule has 0 saturated carbocycles. The summed E-state index contributed by atoms with van der Waals surface area (Å²) in [5.41, 5.74) is 1.15. The van der Waals surface area contributed by atoms with Crippen molar-refractivity contribution in [1.29, 1.82) is 0 Å². The van der Waals surface area contributed by atoms with E-state index in [0.717, 1.165) is 25.3 Å². The zero-order chi connectivity index (χ0) is 11.8. The summed E-state index contributed by atoms with van der Waals surface area (Å²) in [6.07, 6.45) is 0. The van der Waals surface area contributed by atoms with Crippen LogP contribution >= 0.6 is 23.2 Å². The fraction of sp³-hybridized carbons (Fsp3) is 0.500. The quantitative estimate of drug-likeness (QED) is 0.833. The molecule has 2 nitrogen and oxygen atoms in total. The Morgan fingerprint density at radius 3 is 2.75 bits per heavy atom. The van der Waals surface area contributed by atoms with E-state index >= 15 is 0 Å². The van der Waals surface area contributed by atoms with Gasteiger partial charge in [-0.15, -0.1) is 0 Å². The van der Waals surface area contributed by atoms with Gasteiger partial charge < -0.3 is 10.2 Å². The number of hydrogen-bond acceptors (Lipinski definition) is 2. The van der Waals surface area contributed by atoms with E-state index in [0.29, 0.717) is 10.0 Å². The second kappa shape index (κ2) is 4.44. The van der Waals surface area contributed by atoms with E-state index in [9.17, 15) is 0 Å². The first-order valence-corrected chi connectivity index (χ1v) is 6.19. The van der Waals surface area contributed by atoms with Crippen LogP contribution in [0.5, 0.6) is 0 Å². The molecule has 1 N–H and O–H groups in total. The van der Waals surface area contributed by atoms with Crippen LogP contribution in [-0.4, -0.2) is 25.2 Å². The minimum absolute atomic E-state index is 0.115. The Morgan fingerprint density at radius 2 is 2.06 bits per heavy atom. The lowest BCUT2D eigenvalue weighted by molar-refractivity contribution is 0.353. The molecule has 0 radical (unpaired) electrons. The molecule has 0 spiro atoms. The van der Waals surface area contributed by atoms with E-state index in [-0.39, 0.29) is 5.54 Å². The summed E-state index contributed by atoms with van der Waals surface area (Å²) in [5, 5.41) is 4.75. The van der Waals surface area contributed by atoms with Gasteiger partial charge in [0.05, 0.1) is 15.7 Å². The Hall–Kier alpha value is -0.440. The minimum atomic E-state index is 0.115. The number of anilines is 1. The van der Waals surface area contributed by atoms with Crippen molar-refractivity contribution < 1.29 is 0 Å². The first-order valence-electron chi connectivity index (χ1n) is 5.44. The van der Waals surface area contributed by atoms with Gasteiger partial charge in [-0.3, -0.25) is 0 Å². The summed E-state index contributed by atoms with van der Waals surface area (Å²) in [4.78, 5) is 2.28. The van der Waals surface area contributed by atoms with Crippen LogP contribution in [0.2, 0.25) is 10.0 Å². The first kappa shape index (κ1) is 12.0. The maximum absolute atomic E-state index is 6.23. The predicted molar refractivity (Wildman–Crippen MR) is 70.8 cm³/mol. The van der Waals surface area contributed by atoms with Crippen molar-refractivity contribution in [3.8, 4) is 0 Å². The van der Waals surface area contributed by atoms with Gasteiger partial charge in [0.25, 0.3) is 0 Å². The number of piperazine rings is 1. The molecule has 1 aliphatic rings. The number of benzene rings is 1. The number of hydrogen-bond donors (Lipinski definition) is 1. The average molecular weight is 259 g/mol. The zero-order valence-corrected chi connectivity index (χ0v) is 11.1. The Labute approximate surface area is 107 Å². The highest BCUT2D eigenvalue weighted by atomic mass is 35.5. The topological polar surface area (TPSA) is 15.3 Å². The van der Waals surface area contributed by atoms with Crippen LogP contribution in [0.25, 0.3) is 0 Å². The van der Waals surface area contributed by atoms with Crippen LogP contribution in [-0.2, 0) is 0 Å². The highest BCUT2D eigenvalue weighted by Crippen LogP contribution is 2.33. The Morgan fingerprint density at radius 1 is 1.31 bits per heavy atom. The van der Waals surface area contributed by atoms with Crippen LogP contribution < -0.4 is 10.2 Å². The van der Waals surface area contributed by atoms with Crippen LogP contribution in [0.3, 0.4) is 0 Å². The van der Waals surface area contributed by atoms with Crippen molar-refractivity contribution in [2.45, 2.75) is 19.4 Å². The highest BCUT2D eigenvalue weighted by Gasteiger charge is 2.26. The van der Waals surface area contributed by atoms with E-state index in [4.69, 9.17) is 23.2 Å². The largest absolute Gasteiger partial charge is 0.367 e. The van der Waals surface area contributed by atoms with Gasteiger partial charge in [0.15, 0.2) is 0 Å². The van der Waals surface area contributed by atoms with Crippen molar-refractivity contribution >= 4 is 28.9 Å². The monoisotopic (exact) mass is 258 g/mol. The molecule has 1 aromatic carbocycles. The van der Waals surface area contributed by atoms with E-state index in [1.807, 2.05) is 18.2 Å². The van der Waals surface area contributed by atoms with E-state index in [1.54, 1.807) is 0 Å². The Bertz CT molecular complexity index is 391. The maximum atomic E-state index is 6.23. The summed E-state index contributed by atoms with van der Waals surface area (Å²) in [7, 11) is 0. The zero-order valence-electron chi connectivity index (χ0n) is 9.56. The molecule has 1 heterocycles. The fourth-order valence-corrected chi connectivity index (χ4v) is 2.50. The van der Waals surface area contributed by atoms with Gasteiger partial charge in [-0.2, -0.15) is 0 Å². The average Bonchev–Trinajstić information content (AvgIpc) is 2.20. The van der Waals surface area contributed by atoms with Crippen molar-refractivity contribution in [2.24, 2.45) is 0 Å². The molecule has 4 heteroatoms. The molecule has 0 aliphatic carbocycles. The molecule has 1 saturated heterocycles. The third kappa shape index (κ3) is 2.45. The molecule has 1 fully saturated rings. The molecule has 0 aromatic heterocycles. The van der Waals surface area contributed by atoms with Gasteiger partial charge in [0, 0.05) is 25.2 Å². The van der Waals surface area contributed by atoms with Gasteiger partial charge >= 0.3 is 0 Å². The Kier molecular flexibility index (Phi) is 3.34. The lowest BCUT2D eigenvalue weighted by atomic mass is 10.0. The summed E-state index contributed by atoms with van der Waals surface area (Å²) >= 11 is 12.3. The molecule has 0 amide bonds. The number of nitrogens with one attached hydrogen (secondary N) is 1. The molecule has 2 rings (SSSR count). The van der Waals surface area contributed by atoms with Crippen LogP contribution in [0.1, 0.15) is 13.8 Å². The van der Waals surface area contributed by atoms with E-state index in [2.05, 4.69) is 24.1 Å². The maximum Gasteiger partial charge on any atom is 0.0825 e. The standard InChI is InChI=1S/C12H16Cl2N2/c1-12(2)8-16(7-6-15-12)10-5-3-4-9(13)11(10)14/h3-5,15H,6-8H2,1-2H3. The first-order chi connectivity index (χ1) is 7.49. The molecule has 88 valence electrons. The molecule has 1 aromatic rings. The lowest BCUT2D eigenvalue weighted by Crippen LogP contribution is -2.57. The summed E-state index contributed by atoms with van der Waals surface area (Å²) in [6.45, 7) is 7.25. The van der Waals surface area contributed by atoms with Crippen molar-refractivity contribution in [3.05, 3.63) is 28.2 Å². The second-order valence-electron chi connectivity index (χ2n) is 4.81. The molecule has 16 heavy (non-hydrogen) atoms.